The first-order chi connectivity index (χ1) is 12.3. The number of amides is 3. The van der Waals surface area contributed by atoms with Gasteiger partial charge in [-0.15, -0.1) is 11.3 Å². The first-order valence-electron chi connectivity index (χ1n) is 7.61. The number of likely N-dealkylation sites (tertiary alicyclic amines) is 1. The van der Waals surface area contributed by atoms with E-state index >= 15 is 0 Å². The third kappa shape index (κ3) is 3.85. The van der Waals surface area contributed by atoms with E-state index in [-0.39, 0.29) is 31.0 Å². The molecule has 0 radical (unpaired) electrons. The number of carbonyl (C=O) groups excluding carboxylic acids is 3. The van der Waals surface area contributed by atoms with Crippen molar-refractivity contribution in [1.29, 1.82) is 0 Å². The van der Waals surface area contributed by atoms with Crippen molar-refractivity contribution in [2.45, 2.75) is 6.42 Å². The van der Waals surface area contributed by atoms with Crippen LogP contribution in [0, 0.1) is 17.6 Å². The van der Waals surface area contributed by atoms with Crippen LogP contribution in [0.4, 0.5) is 13.9 Å². The Morgan fingerprint density at radius 2 is 2.00 bits per heavy atom. The first-order valence-corrected chi connectivity index (χ1v) is 8.49. The number of nitrogens with two attached hydrogens (primary N) is 1. The van der Waals surface area contributed by atoms with E-state index in [9.17, 15) is 23.2 Å². The van der Waals surface area contributed by atoms with Gasteiger partial charge in [-0.2, -0.15) is 0 Å². The van der Waals surface area contributed by atoms with E-state index in [2.05, 4.69) is 10.3 Å². The van der Waals surface area contributed by atoms with Crippen molar-refractivity contribution in [3.8, 4) is 0 Å². The number of thiazole rings is 1. The van der Waals surface area contributed by atoms with E-state index in [1.54, 1.807) is 5.38 Å². The maximum Gasteiger partial charge on any atom is 0.254 e. The van der Waals surface area contributed by atoms with E-state index in [1.807, 2.05) is 0 Å². The molecule has 3 N–H and O–H groups in total. The molecular formula is C16H14F2N4O3S. The molecule has 26 heavy (non-hydrogen) atoms. The third-order valence-corrected chi connectivity index (χ3v) is 4.65. The van der Waals surface area contributed by atoms with Crippen LogP contribution in [0.15, 0.2) is 23.6 Å². The zero-order valence-corrected chi connectivity index (χ0v) is 14.2. The lowest BCUT2D eigenvalue weighted by atomic mass is 9.98. The van der Waals surface area contributed by atoms with Crippen LogP contribution in [0.5, 0.6) is 0 Å². The molecule has 0 bridgehead atoms. The Bertz CT molecular complexity index is 880. The number of hydrogen-bond acceptors (Lipinski definition) is 5. The molecule has 3 rings (SSSR count). The highest BCUT2D eigenvalue weighted by molar-refractivity contribution is 7.13. The van der Waals surface area contributed by atoms with Gasteiger partial charge in [0.25, 0.3) is 5.91 Å². The molecule has 7 nitrogen and oxygen atoms in total. The molecule has 2 heterocycles. The van der Waals surface area contributed by atoms with Crippen LogP contribution in [0.1, 0.15) is 16.1 Å². The van der Waals surface area contributed by atoms with Crippen molar-refractivity contribution in [3.63, 3.8) is 0 Å². The van der Waals surface area contributed by atoms with Crippen molar-refractivity contribution < 1.29 is 23.2 Å². The van der Waals surface area contributed by atoms with Gasteiger partial charge in [-0.3, -0.25) is 14.4 Å². The summed E-state index contributed by atoms with van der Waals surface area (Å²) in [5.74, 6) is -3.83. The smallest absolute Gasteiger partial charge is 0.254 e. The van der Waals surface area contributed by atoms with E-state index in [0.717, 1.165) is 12.1 Å². The molecule has 1 fully saturated rings. The Morgan fingerprint density at radius 1 is 1.27 bits per heavy atom. The van der Waals surface area contributed by atoms with Gasteiger partial charge in [-0.05, 0) is 18.2 Å². The van der Waals surface area contributed by atoms with Crippen molar-refractivity contribution in [3.05, 3.63) is 46.5 Å². The number of benzene rings is 1. The maximum atomic E-state index is 13.2. The number of primary amides is 1. The third-order valence-electron chi connectivity index (χ3n) is 3.84. The minimum atomic E-state index is -1.10. The number of nitrogens with zero attached hydrogens (tertiary/aromatic N) is 2. The number of halogens is 2. The van der Waals surface area contributed by atoms with Gasteiger partial charge in [0.2, 0.25) is 11.8 Å². The molecule has 10 heteroatoms. The average molecular weight is 380 g/mol. The summed E-state index contributed by atoms with van der Waals surface area (Å²) in [6, 6.07) is 2.92. The number of aromatic nitrogens is 1. The number of rotatable bonds is 5. The second-order valence-electron chi connectivity index (χ2n) is 5.81. The van der Waals surface area contributed by atoms with Crippen LogP contribution >= 0.6 is 11.3 Å². The summed E-state index contributed by atoms with van der Waals surface area (Å²) >= 11 is 1.17. The molecule has 2 aromatic rings. The zero-order valence-electron chi connectivity index (χ0n) is 13.4. The Morgan fingerprint density at radius 3 is 2.65 bits per heavy atom. The van der Waals surface area contributed by atoms with Gasteiger partial charge >= 0.3 is 0 Å². The van der Waals surface area contributed by atoms with Crippen LogP contribution in [0.2, 0.25) is 0 Å². The first kappa shape index (κ1) is 17.9. The topological polar surface area (TPSA) is 105 Å². The fourth-order valence-corrected chi connectivity index (χ4v) is 3.17. The lowest BCUT2D eigenvalue weighted by molar-refractivity contribution is -0.123. The van der Waals surface area contributed by atoms with Crippen molar-refractivity contribution in [2.24, 2.45) is 11.7 Å². The van der Waals surface area contributed by atoms with E-state index in [1.165, 1.54) is 22.3 Å². The van der Waals surface area contributed by atoms with Crippen LogP contribution in [-0.2, 0) is 16.0 Å². The number of carbonyl (C=O) groups is 3. The number of hydrogen-bond donors (Lipinski definition) is 2. The molecule has 0 aliphatic carbocycles. The van der Waals surface area contributed by atoms with Gasteiger partial charge in [0, 0.05) is 24.0 Å². The summed E-state index contributed by atoms with van der Waals surface area (Å²) in [6.45, 7) is 0.340. The molecule has 0 atom stereocenters. The molecule has 1 aliphatic rings. The van der Waals surface area contributed by atoms with E-state index in [4.69, 9.17) is 5.73 Å². The van der Waals surface area contributed by atoms with Crippen LogP contribution < -0.4 is 11.1 Å². The summed E-state index contributed by atoms with van der Waals surface area (Å²) < 4.78 is 26.1. The monoisotopic (exact) mass is 380 g/mol. The minimum Gasteiger partial charge on any atom is -0.369 e. The molecular weight excluding hydrogens is 366 g/mol. The second-order valence-corrected chi connectivity index (χ2v) is 6.67. The summed E-state index contributed by atoms with van der Waals surface area (Å²) in [5.41, 5.74) is 5.58. The highest BCUT2D eigenvalue weighted by Crippen LogP contribution is 2.23. The van der Waals surface area contributed by atoms with Gasteiger partial charge in [-0.1, -0.05) is 0 Å². The predicted molar refractivity (Wildman–Crippen MR) is 89.4 cm³/mol. The molecule has 0 unspecified atom stereocenters. The van der Waals surface area contributed by atoms with Gasteiger partial charge in [-0.25, -0.2) is 13.8 Å². The maximum absolute atomic E-state index is 13.2. The quantitative estimate of drug-likeness (QED) is 0.812. The zero-order chi connectivity index (χ0) is 18.8. The highest BCUT2D eigenvalue weighted by atomic mass is 32.1. The highest BCUT2D eigenvalue weighted by Gasteiger charge is 2.36. The second kappa shape index (κ2) is 7.16. The summed E-state index contributed by atoms with van der Waals surface area (Å²) in [6.07, 6.45) is -0.00763. The molecule has 1 aromatic carbocycles. The Labute approximate surface area is 150 Å². The Kier molecular flexibility index (Phi) is 4.94. The molecule has 3 amide bonds. The largest absolute Gasteiger partial charge is 0.369 e. The molecule has 1 saturated heterocycles. The fraction of sp³-hybridized carbons (Fsp3) is 0.250. The lowest BCUT2D eigenvalue weighted by Crippen LogP contribution is -2.54. The number of anilines is 1. The van der Waals surface area contributed by atoms with Gasteiger partial charge < -0.3 is 16.0 Å². The summed E-state index contributed by atoms with van der Waals surface area (Å²) in [7, 11) is 0. The van der Waals surface area contributed by atoms with Crippen molar-refractivity contribution >= 4 is 34.2 Å². The van der Waals surface area contributed by atoms with Crippen molar-refractivity contribution in [2.75, 3.05) is 18.4 Å². The van der Waals surface area contributed by atoms with Gasteiger partial charge in [0.05, 0.1) is 18.0 Å². The molecule has 136 valence electrons. The van der Waals surface area contributed by atoms with E-state index < -0.39 is 29.4 Å². The predicted octanol–water partition coefficient (Wildman–Crippen LogP) is 1.16. The van der Waals surface area contributed by atoms with Crippen LogP contribution in [0.25, 0.3) is 0 Å². The van der Waals surface area contributed by atoms with Gasteiger partial charge in [0.15, 0.2) is 16.8 Å². The summed E-state index contributed by atoms with van der Waals surface area (Å²) in [5, 5.41) is 4.59. The fourth-order valence-electron chi connectivity index (χ4n) is 2.45. The molecule has 1 aliphatic heterocycles. The SMILES string of the molecule is NC(=O)Cc1csc(NC(=O)C2CN(C(=O)c3ccc(F)c(F)c3)C2)n1. The Hall–Kier alpha value is -2.88. The van der Waals surface area contributed by atoms with Crippen LogP contribution in [0.3, 0.4) is 0 Å². The lowest BCUT2D eigenvalue weighted by Gasteiger charge is -2.38. The number of nitrogens with one attached hydrogen (secondary N) is 1. The Balaban J connectivity index is 1.53. The minimum absolute atomic E-state index is 0.00763. The van der Waals surface area contributed by atoms with Crippen LogP contribution in [-0.4, -0.2) is 40.7 Å². The average Bonchev–Trinajstić information content (AvgIpc) is 2.94. The molecule has 0 spiro atoms. The van der Waals surface area contributed by atoms with Gasteiger partial charge in [0.1, 0.15) is 0 Å². The molecule has 1 aromatic heterocycles. The van der Waals surface area contributed by atoms with Crippen molar-refractivity contribution in [1.82, 2.24) is 9.88 Å². The standard InChI is InChI=1S/C16H14F2N4O3S/c17-11-2-1-8(3-12(11)18)15(25)22-5-9(6-22)14(24)21-16-20-10(7-26-16)4-13(19)23/h1-3,7,9H,4-6H2,(H2,19,23)(H,20,21,24). The normalized spacial score (nSPS) is 14.0. The molecule has 0 saturated carbocycles. The summed E-state index contributed by atoms with van der Waals surface area (Å²) in [4.78, 5) is 40.6. The van der Waals surface area contributed by atoms with E-state index in [0.29, 0.717) is 10.8 Å².